The fraction of sp³-hybridized carbons (Fsp3) is 0.294. The van der Waals surface area contributed by atoms with Gasteiger partial charge in [-0.1, -0.05) is 85.8 Å². The first-order valence-electron chi connectivity index (χ1n) is 21.1. The van der Waals surface area contributed by atoms with Crippen molar-refractivity contribution in [2.45, 2.75) is 95.4 Å². The maximum absolute atomic E-state index is 5.66. The number of rotatable bonds is 3. The van der Waals surface area contributed by atoms with E-state index < -0.39 is 0 Å². The molecule has 276 valence electrons. The van der Waals surface area contributed by atoms with Gasteiger partial charge in [-0.2, -0.15) is 0 Å². The van der Waals surface area contributed by atoms with E-state index in [1.54, 1.807) is 5.56 Å². The zero-order valence-electron chi connectivity index (χ0n) is 32.1. The maximum Gasteiger partial charge on any atom is 0.230 e. The number of hydrogen-bond acceptors (Lipinski definition) is 3. The second-order valence-corrected chi connectivity index (χ2v) is 17.9. The van der Waals surface area contributed by atoms with E-state index in [2.05, 4.69) is 125 Å². The molecule has 0 amide bonds. The van der Waals surface area contributed by atoms with E-state index in [1.807, 2.05) is 11.3 Å². The molecule has 0 N–H and O–H groups in total. The van der Waals surface area contributed by atoms with Crippen molar-refractivity contribution in [2.24, 2.45) is 9.98 Å². The highest BCUT2D eigenvalue weighted by molar-refractivity contribution is 7.19. The summed E-state index contributed by atoms with van der Waals surface area (Å²) in [6.07, 6.45) is 31.2. The first-order chi connectivity index (χ1) is 27.7. The third kappa shape index (κ3) is 4.95. The van der Waals surface area contributed by atoms with Crippen LogP contribution in [-0.4, -0.2) is 26.8 Å². The molecule has 3 aromatic carbocycles. The van der Waals surface area contributed by atoms with Gasteiger partial charge >= 0.3 is 0 Å². The predicted molar refractivity (Wildman–Crippen MR) is 238 cm³/mol. The highest BCUT2D eigenvalue weighted by Gasteiger charge is 2.36. The molecule has 56 heavy (non-hydrogen) atoms. The largest absolute Gasteiger partial charge is 0.313 e. The summed E-state index contributed by atoms with van der Waals surface area (Å²) in [6, 6.07) is 23.3. The molecular formula is C51H46N4S. The third-order valence-corrected chi connectivity index (χ3v) is 14.9. The molecule has 1 aliphatic heterocycles. The number of thiophene rings is 1. The van der Waals surface area contributed by atoms with Crippen LogP contribution in [0.1, 0.15) is 114 Å². The molecule has 0 spiro atoms. The summed E-state index contributed by atoms with van der Waals surface area (Å²) in [5.74, 6) is 1.74. The van der Waals surface area contributed by atoms with E-state index in [9.17, 15) is 0 Å². The van der Waals surface area contributed by atoms with Gasteiger partial charge in [-0.25, -0.2) is 9.98 Å². The van der Waals surface area contributed by atoms with Gasteiger partial charge in [0.05, 0.1) is 28.5 Å². The Hall–Kier alpha value is -5.26. The molecule has 0 saturated carbocycles. The van der Waals surface area contributed by atoms with Crippen LogP contribution in [0.15, 0.2) is 113 Å². The second kappa shape index (κ2) is 12.9. The molecule has 3 aromatic heterocycles. The summed E-state index contributed by atoms with van der Waals surface area (Å²) in [4.78, 5) is 12.7. The lowest BCUT2D eigenvalue weighted by molar-refractivity contribution is 0.574. The number of hydrogen-bond donors (Lipinski definition) is 0. The second-order valence-electron chi connectivity index (χ2n) is 16.8. The van der Waals surface area contributed by atoms with Crippen molar-refractivity contribution in [1.82, 2.24) is 9.13 Å². The molecule has 0 radical (unpaired) electrons. The molecule has 0 fully saturated rings. The Kier molecular flexibility index (Phi) is 7.58. The third-order valence-electron chi connectivity index (χ3n) is 13.6. The Balaban J connectivity index is 0.984. The molecule has 6 aliphatic rings. The van der Waals surface area contributed by atoms with Gasteiger partial charge in [-0.15, -0.1) is 11.3 Å². The molecule has 4 heterocycles. The fourth-order valence-electron chi connectivity index (χ4n) is 11.0. The summed E-state index contributed by atoms with van der Waals surface area (Å²) in [6.45, 7) is 2.46. The maximum atomic E-state index is 5.66. The quantitative estimate of drug-likeness (QED) is 0.173. The van der Waals surface area contributed by atoms with Gasteiger partial charge < -0.3 is 4.57 Å². The van der Waals surface area contributed by atoms with Crippen molar-refractivity contribution < 1.29 is 0 Å². The van der Waals surface area contributed by atoms with Crippen molar-refractivity contribution in [2.75, 3.05) is 0 Å². The number of aliphatic imine (C=N–C) groups is 2. The van der Waals surface area contributed by atoms with Crippen LogP contribution < -0.4 is 0 Å². The van der Waals surface area contributed by atoms with E-state index in [1.165, 1.54) is 101 Å². The molecule has 12 rings (SSSR count). The predicted octanol–water partition coefficient (Wildman–Crippen LogP) is 12.9. The first-order valence-corrected chi connectivity index (χ1v) is 21.9. The van der Waals surface area contributed by atoms with Gasteiger partial charge in [0.1, 0.15) is 0 Å². The number of aromatic nitrogens is 2. The number of para-hydroxylation sites is 1. The zero-order valence-corrected chi connectivity index (χ0v) is 32.9. The monoisotopic (exact) mass is 746 g/mol. The summed E-state index contributed by atoms with van der Waals surface area (Å²) < 4.78 is 6.40. The molecule has 3 atom stereocenters. The van der Waals surface area contributed by atoms with Crippen LogP contribution in [0.3, 0.4) is 0 Å². The lowest BCUT2D eigenvalue weighted by Gasteiger charge is -2.29. The summed E-state index contributed by atoms with van der Waals surface area (Å²) in [7, 11) is 0. The topological polar surface area (TPSA) is 34.6 Å². The van der Waals surface area contributed by atoms with E-state index in [4.69, 9.17) is 9.98 Å². The lowest BCUT2D eigenvalue weighted by atomic mass is 9.80. The van der Waals surface area contributed by atoms with Gasteiger partial charge in [-0.05, 0) is 135 Å². The molecule has 5 aliphatic carbocycles. The van der Waals surface area contributed by atoms with Crippen LogP contribution in [0.25, 0.3) is 49.7 Å². The van der Waals surface area contributed by atoms with E-state index in [0.717, 1.165) is 63.0 Å². The van der Waals surface area contributed by atoms with Crippen LogP contribution in [-0.2, 0) is 19.3 Å². The Morgan fingerprint density at radius 3 is 2.66 bits per heavy atom. The van der Waals surface area contributed by atoms with Gasteiger partial charge in [0.25, 0.3) is 0 Å². The molecule has 3 unspecified atom stereocenters. The molecule has 5 heteroatoms. The van der Waals surface area contributed by atoms with Crippen LogP contribution in [0, 0.1) is 0 Å². The molecule has 6 aromatic rings. The Morgan fingerprint density at radius 1 is 0.804 bits per heavy atom. The number of allylic oxidation sites excluding steroid dienone is 7. The fourth-order valence-corrected chi connectivity index (χ4v) is 12.3. The highest BCUT2D eigenvalue weighted by atomic mass is 32.1. The Bertz CT molecular complexity index is 2870. The number of nitrogens with zero attached hydrogens (tertiary/aromatic N) is 4. The number of benzene rings is 3. The average molecular weight is 747 g/mol. The first kappa shape index (κ1) is 32.9. The normalized spacial score (nSPS) is 22.7. The van der Waals surface area contributed by atoms with Gasteiger partial charge in [-0.3, -0.25) is 4.57 Å². The average Bonchev–Trinajstić information content (AvgIpc) is 3.91. The summed E-state index contributed by atoms with van der Waals surface area (Å²) >= 11 is 1.99. The van der Waals surface area contributed by atoms with Crippen LogP contribution in [0.4, 0.5) is 0 Å². The van der Waals surface area contributed by atoms with Crippen LogP contribution in [0.2, 0.25) is 0 Å². The molecular weight excluding hydrogens is 701 g/mol. The Labute approximate surface area is 332 Å². The smallest absolute Gasteiger partial charge is 0.230 e. The molecule has 0 bridgehead atoms. The highest BCUT2D eigenvalue weighted by Crippen LogP contribution is 2.45. The number of fused-ring (bicyclic) bond motifs is 10. The van der Waals surface area contributed by atoms with Crippen molar-refractivity contribution >= 4 is 72.7 Å². The minimum Gasteiger partial charge on any atom is -0.313 e. The minimum atomic E-state index is 0.153. The van der Waals surface area contributed by atoms with Gasteiger partial charge in [0.15, 0.2) is 0 Å². The van der Waals surface area contributed by atoms with Gasteiger partial charge in [0.2, 0.25) is 5.96 Å². The van der Waals surface area contributed by atoms with Crippen molar-refractivity contribution in [3.63, 3.8) is 0 Å². The van der Waals surface area contributed by atoms with Crippen molar-refractivity contribution in [3.05, 3.63) is 147 Å². The van der Waals surface area contributed by atoms with E-state index in [-0.39, 0.29) is 6.04 Å². The summed E-state index contributed by atoms with van der Waals surface area (Å²) in [5.41, 5.74) is 16.4. The van der Waals surface area contributed by atoms with Gasteiger partial charge in [0, 0.05) is 48.6 Å². The van der Waals surface area contributed by atoms with Crippen molar-refractivity contribution in [3.8, 4) is 0 Å². The SMILES string of the molecule is CC1CCCc2c1c1c(n2C2=NC3CCCC=C3C(c3cccc4c5c(sc34)CCC=C5)=N2)C=CC(c2ccc3c(c2)c2ccccc2n3C2=CC=CCC2)C1. The summed E-state index contributed by atoms with van der Waals surface area (Å²) in [5, 5.41) is 4.07. The molecule has 4 nitrogen and oxygen atoms in total. The van der Waals surface area contributed by atoms with Crippen LogP contribution >= 0.6 is 11.3 Å². The standard InChI is InChI=1S/C51H46N4S/c1-31-13-11-23-46-48(31)41-30-33(32-25-27-44-40(29-32)35-16-6-9-22-43(35)54(44)34-14-3-2-4-15-34)26-28-45(41)55(46)51-52-42-21-8-5-18-38(42)49(53-51)39-20-12-19-37-36-17-7-10-24-47(36)56-50(37)39/h2-3,6-7,9,12,14,16-20,22,25-29,31,33,42H,4-5,8,10-11,13,15,21,23-24,30H2,1H3. The lowest BCUT2D eigenvalue weighted by Crippen LogP contribution is -2.31. The van der Waals surface area contributed by atoms with Crippen LogP contribution in [0.5, 0.6) is 0 Å². The van der Waals surface area contributed by atoms with Crippen molar-refractivity contribution in [1.29, 1.82) is 0 Å². The van der Waals surface area contributed by atoms with E-state index >= 15 is 0 Å². The van der Waals surface area contributed by atoms with E-state index in [0.29, 0.717) is 11.8 Å². The number of aryl methyl sites for hydroxylation is 1. The molecule has 0 saturated heterocycles. The zero-order chi connectivity index (χ0) is 36.9. The Morgan fingerprint density at radius 2 is 1.71 bits per heavy atom. The minimum absolute atomic E-state index is 0.153.